The standard InChI is InChI=1S/C15H21NO6/c1-19-7-8-21-9-10-22-11-14(17)16-13-5-3-12(4-6-13)15(18)20-2/h3-6H,7-11H2,1-2H3,(H,16,17). The summed E-state index contributed by atoms with van der Waals surface area (Å²) in [7, 11) is 2.91. The Kier molecular flexibility index (Phi) is 8.82. The highest BCUT2D eigenvalue weighted by atomic mass is 16.5. The van der Waals surface area contributed by atoms with Gasteiger partial charge in [0.25, 0.3) is 0 Å². The zero-order chi connectivity index (χ0) is 16.2. The van der Waals surface area contributed by atoms with Crippen LogP contribution in [0.15, 0.2) is 24.3 Å². The van der Waals surface area contributed by atoms with Crippen molar-refractivity contribution in [1.29, 1.82) is 0 Å². The van der Waals surface area contributed by atoms with Gasteiger partial charge in [-0.25, -0.2) is 4.79 Å². The highest BCUT2D eigenvalue weighted by Crippen LogP contribution is 2.10. The molecule has 0 atom stereocenters. The highest BCUT2D eigenvalue weighted by Gasteiger charge is 2.06. The van der Waals surface area contributed by atoms with Crippen molar-refractivity contribution < 1.29 is 28.5 Å². The summed E-state index contributed by atoms with van der Waals surface area (Å²) < 4.78 is 19.8. The molecule has 0 bridgehead atoms. The largest absolute Gasteiger partial charge is 0.465 e. The number of carbonyl (C=O) groups is 2. The number of benzene rings is 1. The first kappa shape index (κ1) is 18.1. The van der Waals surface area contributed by atoms with E-state index in [2.05, 4.69) is 10.1 Å². The first-order valence-electron chi connectivity index (χ1n) is 6.80. The predicted octanol–water partition coefficient (Wildman–Crippen LogP) is 1.09. The second kappa shape index (κ2) is 10.7. The van der Waals surface area contributed by atoms with Crippen molar-refractivity contribution in [3.05, 3.63) is 29.8 Å². The number of nitrogens with one attached hydrogen (secondary N) is 1. The molecule has 0 aliphatic carbocycles. The number of amides is 1. The van der Waals surface area contributed by atoms with Gasteiger partial charge in [-0.2, -0.15) is 0 Å². The fraction of sp³-hybridized carbons (Fsp3) is 0.467. The van der Waals surface area contributed by atoms with Crippen LogP contribution in [0.5, 0.6) is 0 Å². The van der Waals surface area contributed by atoms with Crippen molar-refractivity contribution in [2.24, 2.45) is 0 Å². The molecule has 7 nitrogen and oxygen atoms in total. The van der Waals surface area contributed by atoms with Gasteiger partial charge in [-0.3, -0.25) is 4.79 Å². The van der Waals surface area contributed by atoms with Gasteiger partial charge >= 0.3 is 5.97 Å². The Labute approximate surface area is 129 Å². The highest BCUT2D eigenvalue weighted by molar-refractivity contribution is 5.93. The average Bonchev–Trinajstić information content (AvgIpc) is 2.54. The molecule has 0 aromatic heterocycles. The summed E-state index contributed by atoms with van der Waals surface area (Å²) in [5.74, 6) is -0.697. The molecule has 1 aromatic rings. The molecule has 0 unspecified atom stereocenters. The normalized spacial score (nSPS) is 10.3. The third-order valence-corrected chi connectivity index (χ3v) is 2.63. The molecule has 0 saturated carbocycles. The minimum absolute atomic E-state index is 0.0631. The third kappa shape index (κ3) is 7.16. The molecule has 1 N–H and O–H groups in total. The first-order valence-corrected chi connectivity index (χ1v) is 6.80. The Morgan fingerprint density at radius 3 is 2.23 bits per heavy atom. The lowest BCUT2D eigenvalue weighted by atomic mass is 10.2. The molecule has 1 rings (SSSR count). The van der Waals surface area contributed by atoms with Gasteiger partial charge in [0.05, 0.1) is 39.1 Å². The van der Waals surface area contributed by atoms with Crippen LogP contribution < -0.4 is 5.32 Å². The van der Waals surface area contributed by atoms with E-state index < -0.39 is 5.97 Å². The van der Waals surface area contributed by atoms with E-state index in [4.69, 9.17) is 14.2 Å². The maximum absolute atomic E-state index is 11.6. The Morgan fingerprint density at radius 1 is 0.955 bits per heavy atom. The van der Waals surface area contributed by atoms with Crippen LogP contribution in [-0.4, -0.2) is 59.1 Å². The molecule has 0 spiro atoms. The van der Waals surface area contributed by atoms with Gasteiger partial charge in [-0.1, -0.05) is 0 Å². The van der Waals surface area contributed by atoms with E-state index in [1.54, 1.807) is 31.4 Å². The molecule has 22 heavy (non-hydrogen) atoms. The number of ether oxygens (including phenoxy) is 4. The second-order valence-corrected chi connectivity index (χ2v) is 4.27. The minimum atomic E-state index is -0.422. The van der Waals surface area contributed by atoms with Crippen LogP contribution >= 0.6 is 0 Å². The number of carbonyl (C=O) groups excluding carboxylic acids is 2. The van der Waals surface area contributed by atoms with Gasteiger partial charge in [0.1, 0.15) is 6.61 Å². The molecule has 0 heterocycles. The topological polar surface area (TPSA) is 83.1 Å². The molecule has 122 valence electrons. The fourth-order valence-corrected chi connectivity index (χ4v) is 1.53. The number of esters is 1. The molecule has 1 aromatic carbocycles. The number of hydrogen-bond donors (Lipinski definition) is 1. The molecular weight excluding hydrogens is 290 g/mol. The second-order valence-electron chi connectivity index (χ2n) is 4.27. The molecule has 0 aliphatic heterocycles. The third-order valence-electron chi connectivity index (χ3n) is 2.63. The Balaban J connectivity index is 2.20. The SMILES string of the molecule is COCCOCCOCC(=O)Nc1ccc(C(=O)OC)cc1. The molecular formula is C15H21NO6. The minimum Gasteiger partial charge on any atom is -0.465 e. The summed E-state index contributed by atoms with van der Waals surface area (Å²) in [6.45, 7) is 1.70. The van der Waals surface area contributed by atoms with E-state index in [0.29, 0.717) is 37.7 Å². The number of rotatable bonds is 10. The first-order chi connectivity index (χ1) is 10.7. The molecule has 0 saturated heterocycles. The van der Waals surface area contributed by atoms with Crippen molar-refractivity contribution >= 4 is 17.6 Å². The quantitative estimate of drug-likeness (QED) is 0.514. The number of methoxy groups -OCH3 is 2. The number of hydrogen-bond acceptors (Lipinski definition) is 6. The van der Waals surface area contributed by atoms with E-state index in [1.807, 2.05) is 0 Å². The van der Waals surface area contributed by atoms with Crippen LogP contribution in [0.1, 0.15) is 10.4 Å². The zero-order valence-electron chi connectivity index (χ0n) is 12.8. The van der Waals surface area contributed by atoms with E-state index >= 15 is 0 Å². The lowest BCUT2D eigenvalue weighted by Gasteiger charge is -2.07. The zero-order valence-corrected chi connectivity index (χ0v) is 12.8. The molecule has 7 heteroatoms. The van der Waals surface area contributed by atoms with Crippen LogP contribution in [0.4, 0.5) is 5.69 Å². The van der Waals surface area contributed by atoms with Crippen molar-refractivity contribution in [2.45, 2.75) is 0 Å². The molecule has 0 radical (unpaired) electrons. The summed E-state index contributed by atoms with van der Waals surface area (Å²) in [4.78, 5) is 22.9. The Morgan fingerprint density at radius 2 is 1.59 bits per heavy atom. The van der Waals surface area contributed by atoms with Gasteiger partial charge in [0, 0.05) is 12.8 Å². The van der Waals surface area contributed by atoms with Crippen LogP contribution in [0, 0.1) is 0 Å². The van der Waals surface area contributed by atoms with E-state index in [-0.39, 0.29) is 12.5 Å². The van der Waals surface area contributed by atoms with Gasteiger partial charge in [-0.05, 0) is 24.3 Å². The van der Waals surface area contributed by atoms with E-state index in [9.17, 15) is 9.59 Å². The van der Waals surface area contributed by atoms with Gasteiger partial charge in [-0.15, -0.1) is 0 Å². The van der Waals surface area contributed by atoms with Gasteiger partial charge < -0.3 is 24.3 Å². The number of anilines is 1. The predicted molar refractivity (Wildman–Crippen MR) is 79.9 cm³/mol. The molecule has 0 aliphatic rings. The van der Waals surface area contributed by atoms with E-state index in [0.717, 1.165) is 0 Å². The lowest BCUT2D eigenvalue weighted by molar-refractivity contribution is -0.121. The smallest absolute Gasteiger partial charge is 0.337 e. The van der Waals surface area contributed by atoms with Crippen molar-refractivity contribution in [3.63, 3.8) is 0 Å². The maximum Gasteiger partial charge on any atom is 0.337 e. The Hall–Kier alpha value is -1.96. The van der Waals surface area contributed by atoms with Crippen LogP contribution in [-0.2, 0) is 23.7 Å². The summed E-state index contributed by atoms with van der Waals surface area (Å²) in [5, 5.41) is 2.66. The van der Waals surface area contributed by atoms with Crippen LogP contribution in [0.2, 0.25) is 0 Å². The average molecular weight is 311 g/mol. The summed E-state index contributed by atoms with van der Waals surface area (Å²) in [6, 6.07) is 6.40. The lowest BCUT2D eigenvalue weighted by Crippen LogP contribution is -2.20. The summed E-state index contributed by atoms with van der Waals surface area (Å²) >= 11 is 0. The van der Waals surface area contributed by atoms with Crippen molar-refractivity contribution in [1.82, 2.24) is 0 Å². The van der Waals surface area contributed by atoms with E-state index in [1.165, 1.54) is 7.11 Å². The van der Waals surface area contributed by atoms with Crippen LogP contribution in [0.25, 0.3) is 0 Å². The maximum atomic E-state index is 11.6. The van der Waals surface area contributed by atoms with Crippen molar-refractivity contribution in [2.75, 3.05) is 52.6 Å². The van der Waals surface area contributed by atoms with Crippen LogP contribution in [0.3, 0.4) is 0 Å². The van der Waals surface area contributed by atoms with Gasteiger partial charge in [0.2, 0.25) is 5.91 Å². The van der Waals surface area contributed by atoms with Crippen molar-refractivity contribution in [3.8, 4) is 0 Å². The fourth-order valence-electron chi connectivity index (χ4n) is 1.53. The molecule has 1 amide bonds. The monoisotopic (exact) mass is 311 g/mol. The summed E-state index contributed by atoms with van der Waals surface area (Å²) in [6.07, 6.45) is 0. The Bertz CT molecular complexity index is 460. The van der Waals surface area contributed by atoms with Gasteiger partial charge in [0.15, 0.2) is 0 Å². The summed E-state index contributed by atoms with van der Waals surface area (Å²) in [5.41, 5.74) is 1.00. The molecule has 0 fully saturated rings.